The summed E-state index contributed by atoms with van der Waals surface area (Å²) >= 11 is 17.4. The molecule has 0 unspecified atom stereocenters. The standard InChI is InChI=1S/C15H18ClN3O2.C9H6Cl2N2.C6H13NO2/c1-9(2)13(15(20)21-3)19-14-10-6-4-5-7-11(10)17-12(8-16)18-14;10-5-8-12-7-4-2-1-3-6(7)9(11)13-8;1-4(2)5(7)6(8)9-3/h4-7,9,13H,8H2,1-3H3,(H,17,18,19);1-4H,5H2;4-5H,7H2,1-3H3/t13-;;5-/m0.0/s1. The van der Waals surface area contributed by atoms with Crippen LogP contribution in [0.1, 0.15) is 39.3 Å². The van der Waals surface area contributed by atoms with Crippen LogP contribution >= 0.6 is 34.8 Å². The molecule has 4 aromatic rings. The van der Waals surface area contributed by atoms with E-state index >= 15 is 0 Å². The van der Waals surface area contributed by atoms with Crippen molar-refractivity contribution in [2.45, 2.75) is 51.5 Å². The molecule has 43 heavy (non-hydrogen) atoms. The Morgan fingerprint density at radius 3 is 1.72 bits per heavy atom. The molecule has 0 fully saturated rings. The molecule has 10 nitrogen and oxygen atoms in total. The number of ether oxygens (including phenoxy) is 2. The van der Waals surface area contributed by atoms with Crippen molar-refractivity contribution in [1.29, 1.82) is 0 Å². The molecule has 2 aromatic carbocycles. The Hall–Kier alpha value is -3.31. The summed E-state index contributed by atoms with van der Waals surface area (Å²) in [6.07, 6.45) is 0. The van der Waals surface area contributed by atoms with Crippen LogP contribution in [0.15, 0.2) is 48.5 Å². The second-order valence-electron chi connectivity index (χ2n) is 9.90. The zero-order valence-electron chi connectivity index (χ0n) is 25.0. The van der Waals surface area contributed by atoms with Gasteiger partial charge in [-0.25, -0.2) is 24.7 Å². The highest BCUT2D eigenvalue weighted by atomic mass is 35.5. The van der Waals surface area contributed by atoms with E-state index in [1.807, 2.05) is 76.2 Å². The number of halogens is 3. The number of rotatable bonds is 8. The number of carbonyl (C=O) groups excluding carboxylic acids is 2. The molecule has 13 heteroatoms. The molecule has 2 aromatic heterocycles. The van der Waals surface area contributed by atoms with Crippen molar-refractivity contribution in [3.8, 4) is 0 Å². The first-order chi connectivity index (χ1) is 20.5. The Labute approximate surface area is 266 Å². The normalized spacial score (nSPS) is 12.1. The number of methoxy groups -OCH3 is 2. The summed E-state index contributed by atoms with van der Waals surface area (Å²) in [5, 5.41) is 5.33. The summed E-state index contributed by atoms with van der Waals surface area (Å²) in [6, 6.07) is 14.2. The van der Waals surface area contributed by atoms with Gasteiger partial charge in [0.25, 0.3) is 0 Å². The molecule has 0 spiro atoms. The van der Waals surface area contributed by atoms with Crippen molar-refractivity contribution >= 4 is 74.4 Å². The maximum atomic E-state index is 11.9. The van der Waals surface area contributed by atoms with Crippen LogP contribution in [0.2, 0.25) is 5.15 Å². The number of aromatic nitrogens is 4. The second kappa shape index (κ2) is 17.7. The van der Waals surface area contributed by atoms with Gasteiger partial charge < -0.3 is 20.5 Å². The summed E-state index contributed by atoms with van der Waals surface area (Å²) < 4.78 is 9.25. The molecule has 3 N–H and O–H groups in total. The Morgan fingerprint density at radius 1 is 0.767 bits per heavy atom. The van der Waals surface area contributed by atoms with E-state index in [0.29, 0.717) is 22.6 Å². The first-order valence-corrected chi connectivity index (χ1v) is 14.9. The molecule has 232 valence electrons. The van der Waals surface area contributed by atoms with Crippen LogP contribution < -0.4 is 11.1 Å². The summed E-state index contributed by atoms with van der Waals surface area (Å²) in [5.74, 6) is 1.72. The first kappa shape index (κ1) is 35.9. The van der Waals surface area contributed by atoms with E-state index in [9.17, 15) is 9.59 Å². The summed E-state index contributed by atoms with van der Waals surface area (Å²) in [7, 11) is 2.71. The van der Waals surface area contributed by atoms with Crippen LogP contribution in [0.5, 0.6) is 0 Å². The second-order valence-corrected chi connectivity index (χ2v) is 10.8. The number of esters is 2. The van der Waals surface area contributed by atoms with Gasteiger partial charge in [0, 0.05) is 10.8 Å². The van der Waals surface area contributed by atoms with Gasteiger partial charge in [-0.2, -0.15) is 0 Å². The minimum absolute atomic E-state index is 0.0608. The summed E-state index contributed by atoms with van der Waals surface area (Å²) in [6.45, 7) is 7.64. The monoisotopic (exact) mass is 650 g/mol. The van der Waals surface area contributed by atoms with E-state index in [0.717, 1.165) is 21.8 Å². The number of hydrogen-bond acceptors (Lipinski definition) is 10. The average molecular weight is 652 g/mol. The van der Waals surface area contributed by atoms with Gasteiger partial charge in [0.05, 0.1) is 37.0 Å². The Bertz CT molecular complexity index is 1510. The van der Waals surface area contributed by atoms with Gasteiger partial charge in [-0.3, -0.25) is 4.79 Å². The Balaban J connectivity index is 0.000000250. The molecule has 0 aliphatic rings. The lowest BCUT2D eigenvalue weighted by Crippen LogP contribution is -2.36. The van der Waals surface area contributed by atoms with Gasteiger partial charge in [0.2, 0.25) is 0 Å². The van der Waals surface area contributed by atoms with Crippen LogP contribution in [0, 0.1) is 11.8 Å². The van der Waals surface area contributed by atoms with Crippen molar-refractivity contribution in [2.75, 3.05) is 19.5 Å². The molecule has 4 rings (SSSR count). The number of anilines is 1. The van der Waals surface area contributed by atoms with E-state index in [-0.39, 0.29) is 35.5 Å². The van der Waals surface area contributed by atoms with E-state index in [1.165, 1.54) is 14.2 Å². The molecule has 0 amide bonds. The summed E-state index contributed by atoms with van der Waals surface area (Å²) in [5.41, 5.74) is 7.02. The van der Waals surface area contributed by atoms with Crippen LogP contribution in [0.3, 0.4) is 0 Å². The fraction of sp³-hybridized carbons (Fsp3) is 0.400. The minimum Gasteiger partial charge on any atom is -0.468 e. The number of alkyl halides is 2. The third-order valence-electron chi connectivity index (χ3n) is 6.10. The lowest BCUT2D eigenvalue weighted by atomic mass is 10.0. The molecule has 0 aliphatic carbocycles. The maximum absolute atomic E-state index is 11.9. The highest BCUT2D eigenvalue weighted by molar-refractivity contribution is 6.34. The van der Waals surface area contributed by atoms with Crippen molar-refractivity contribution in [3.05, 3.63) is 65.3 Å². The number of benzene rings is 2. The van der Waals surface area contributed by atoms with Crippen molar-refractivity contribution in [3.63, 3.8) is 0 Å². The zero-order chi connectivity index (χ0) is 32.1. The molecule has 2 heterocycles. The zero-order valence-corrected chi connectivity index (χ0v) is 27.2. The van der Waals surface area contributed by atoms with E-state index in [2.05, 4.69) is 30.0 Å². The van der Waals surface area contributed by atoms with Crippen LogP contribution in [0.25, 0.3) is 21.8 Å². The van der Waals surface area contributed by atoms with E-state index in [1.54, 1.807) is 0 Å². The molecule has 2 atom stereocenters. The Morgan fingerprint density at radius 2 is 1.26 bits per heavy atom. The van der Waals surface area contributed by atoms with Gasteiger partial charge in [-0.1, -0.05) is 63.6 Å². The van der Waals surface area contributed by atoms with E-state index in [4.69, 9.17) is 45.3 Å². The molecular weight excluding hydrogens is 615 g/mol. The predicted molar refractivity (Wildman–Crippen MR) is 172 cm³/mol. The first-order valence-electron chi connectivity index (χ1n) is 13.4. The van der Waals surface area contributed by atoms with Crippen molar-refractivity contribution in [1.82, 2.24) is 19.9 Å². The van der Waals surface area contributed by atoms with Crippen LogP contribution in [-0.2, 0) is 30.8 Å². The van der Waals surface area contributed by atoms with Gasteiger partial charge in [0.15, 0.2) is 0 Å². The van der Waals surface area contributed by atoms with Gasteiger partial charge >= 0.3 is 11.9 Å². The molecule has 0 bridgehead atoms. The van der Waals surface area contributed by atoms with Crippen molar-refractivity contribution in [2.24, 2.45) is 17.6 Å². The van der Waals surface area contributed by atoms with Crippen LogP contribution in [0.4, 0.5) is 5.82 Å². The number of nitrogens with zero attached hydrogens (tertiary/aromatic N) is 4. The number of nitrogens with one attached hydrogen (secondary N) is 1. The van der Waals surface area contributed by atoms with Gasteiger partial charge in [-0.05, 0) is 36.1 Å². The molecule has 0 saturated carbocycles. The lowest BCUT2D eigenvalue weighted by molar-refractivity contribution is -0.143. The third-order valence-corrected chi connectivity index (χ3v) is 6.86. The van der Waals surface area contributed by atoms with Crippen molar-refractivity contribution < 1.29 is 19.1 Å². The maximum Gasteiger partial charge on any atom is 0.328 e. The number of para-hydroxylation sites is 2. The molecule has 0 radical (unpaired) electrons. The average Bonchev–Trinajstić information content (AvgIpc) is 3.02. The molecular formula is C30H37Cl3N6O4. The quantitative estimate of drug-likeness (QED) is 0.130. The fourth-order valence-corrected chi connectivity index (χ4v) is 4.11. The Kier molecular flexibility index (Phi) is 14.8. The largest absolute Gasteiger partial charge is 0.468 e. The summed E-state index contributed by atoms with van der Waals surface area (Å²) in [4.78, 5) is 39.5. The predicted octanol–water partition coefficient (Wildman–Crippen LogP) is 6.14. The van der Waals surface area contributed by atoms with Gasteiger partial charge in [-0.15, -0.1) is 23.2 Å². The highest BCUT2D eigenvalue weighted by Crippen LogP contribution is 2.23. The fourth-order valence-electron chi connectivity index (χ4n) is 3.62. The van der Waals surface area contributed by atoms with Crippen LogP contribution in [-0.4, -0.2) is 58.2 Å². The number of fused-ring (bicyclic) bond motifs is 2. The topological polar surface area (TPSA) is 142 Å². The molecule has 0 aliphatic heterocycles. The van der Waals surface area contributed by atoms with Gasteiger partial charge in [0.1, 0.15) is 34.7 Å². The SMILES string of the molecule is COC(=O)[C@@H](N)C(C)C.COC(=O)[C@@H](Nc1nc(CCl)nc2ccccc12)C(C)C.ClCc1nc(Cl)c2ccccc2n1. The highest BCUT2D eigenvalue weighted by Gasteiger charge is 2.24. The number of hydrogen-bond donors (Lipinski definition) is 2. The smallest absolute Gasteiger partial charge is 0.328 e. The third kappa shape index (κ3) is 10.4. The van der Waals surface area contributed by atoms with E-state index < -0.39 is 12.1 Å². The lowest BCUT2D eigenvalue weighted by Gasteiger charge is -2.21. The minimum atomic E-state index is -0.477. The number of nitrogens with two attached hydrogens (primary N) is 1. The number of carbonyl (C=O) groups is 2. The molecule has 0 saturated heterocycles.